The lowest BCUT2D eigenvalue weighted by Gasteiger charge is -2.31. The van der Waals surface area contributed by atoms with Crippen LogP contribution < -0.4 is 0 Å². The van der Waals surface area contributed by atoms with Crippen molar-refractivity contribution in [2.24, 2.45) is 0 Å². The van der Waals surface area contributed by atoms with Gasteiger partial charge in [-0.1, -0.05) is 24.3 Å². The molecule has 2 aromatic heterocycles. The van der Waals surface area contributed by atoms with Crippen molar-refractivity contribution < 1.29 is 28.6 Å². The topological polar surface area (TPSA) is 119 Å². The molecule has 1 aliphatic rings. The molecule has 1 aliphatic heterocycles. The number of thioether (sulfide) groups is 1. The number of ether oxygens (including phenoxy) is 1. The molecular weight excluding hydrogens is 428 g/mol. The van der Waals surface area contributed by atoms with Crippen molar-refractivity contribution in [3.8, 4) is 0 Å². The number of esters is 1. The van der Waals surface area contributed by atoms with Crippen LogP contribution in [0.25, 0.3) is 22.2 Å². The average molecular weight is 442 g/mol. The predicted octanol–water partition coefficient (Wildman–Crippen LogP) is 3.79. The Balaban J connectivity index is 1.57. The van der Waals surface area contributed by atoms with E-state index in [9.17, 15) is 15.0 Å². The Morgan fingerprint density at radius 2 is 1.67 bits per heavy atom. The highest BCUT2D eigenvalue weighted by molar-refractivity contribution is 8.03. The summed E-state index contributed by atoms with van der Waals surface area (Å²) >= 11 is 5.42. The van der Waals surface area contributed by atoms with Crippen molar-refractivity contribution >= 4 is 52.6 Å². The summed E-state index contributed by atoms with van der Waals surface area (Å²) < 4.78 is 16.8. The van der Waals surface area contributed by atoms with Crippen LogP contribution in [-0.2, 0) is 9.53 Å². The molecule has 0 saturated carbocycles. The van der Waals surface area contributed by atoms with Crippen molar-refractivity contribution in [3.05, 3.63) is 65.1 Å². The Hall–Kier alpha value is -2.95. The fraction of sp³-hybridized carbons (Fsp3) is 0.150. The van der Waals surface area contributed by atoms with Gasteiger partial charge in [-0.2, -0.15) is 12.6 Å². The van der Waals surface area contributed by atoms with Crippen molar-refractivity contribution in [2.75, 3.05) is 6.61 Å². The minimum absolute atomic E-state index is 0.0174. The molecule has 0 amide bonds. The molecule has 2 N–H and O–H groups in total. The van der Waals surface area contributed by atoms with Crippen LogP contribution in [0.1, 0.15) is 11.1 Å². The van der Waals surface area contributed by atoms with E-state index in [2.05, 4.69) is 22.6 Å². The average Bonchev–Trinajstić information content (AvgIpc) is 3.43. The minimum atomic E-state index is -1.73. The van der Waals surface area contributed by atoms with Crippen LogP contribution in [0.2, 0.25) is 0 Å². The molecule has 8 nitrogen and oxygen atoms in total. The third kappa shape index (κ3) is 2.87. The number of carbonyl (C=O) groups is 1. The van der Waals surface area contributed by atoms with E-state index in [0.717, 1.165) is 11.8 Å². The Morgan fingerprint density at radius 1 is 1.03 bits per heavy atom. The van der Waals surface area contributed by atoms with Crippen molar-refractivity contribution in [2.45, 2.75) is 16.1 Å². The highest BCUT2D eigenvalue weighted by Gasteiger charge is 2.55. The largest absolute Gasteiger partial charge is 0.501 e. The second-order valence-electron chi connectivity index (χ2n) is 6.59. The molecule has 2 unspecified atom stereocenters. The second kappa shape index (κ2) is 7.08. The standard InChI is InChI=1S/C20H14N2O6S2/c23-9-20(15(29)17-21-10-5-1-3-7-12(10)26-17)16(14(24)18(25)28-20)30-19-22-11-6-2-4-8-13(11)27-19/h1-8,15,23-24,29H,9H2. The Bertz CT molecular complexity index is 1250. The number of para-hydroxylation sites is 4. The van der Waals surface area contributed by atoms with Gasteiger partial charge in [0, 0.05) is 0 Å². The number of aliphatic hydroxyl groups excluding tert-OH is 2. The van der Waals surface area contributed by atoms with E-state index in [-0.39, 0.29) is 16.0 Å². The van der Waals surface area contributed by atoms with Crippen molar-refractivity contribution in [1.29, 1.82) is 0 Å². The summed E-state index contributed by atoms with van der Waals surface area (Å²) in [5, 5.41) is 19.8. The minimum Gasteiger partial charge on any atom is -0.501 e. The second-order valence-corrected chi connectivity index (χ2v) is 8.06. The molecule has 152 valence electrons. The molecule has 0 aliphatic carbocycles. The number of thiol groups is 1. The fourth-order valence-electron chi connectivity index (χ4n) is 3.25. The number of nitrogens with zero attached hydrogens (tertiary/aromatic N) is 2. The molecule has 2 aromatic carbocycles. The number of carbonyl (C=O) groups excluding carboxylic acids is 1. The van der Waals surface area contributed by atoms with Gasteiger partial charge in [0.15, 0.2) is 16.8 Å². The number of hydrogen-bond acceptors (Lipinski definition) is 10. The molecule has 2 atom stereocenters. The predicted molar refractivity (Wildman–Crippen MR) is 111 cm³/mol. The van der Waals surface area contributed by atoms with E-state index in [1.54, 1.807) is 42.5 Å². The first kappa shape index (κ1) is 19.0. The number of aromatic nitrogens is 2. The van der Waals surface area contributed by atoms with E-state index in [1.807, 2.05) is 6.07 Å². The summed E-state index contributed by atoms with van der Waals surface area (Å²) in [6.45, 7) is -0.668. The molecule has 0 bridgehead atoms. The van der Waals surface area contributed by atoms with E-state index < -0.39 is 29.2 Å². The lowest BCUT2D eigenvalue weighted by atomic mass is 10.00. The number of benzene rings is 2. The molecular formula is C20H14N2O6S2. The van der Waals surface area contributed by atoms with Crippen molar-refractivity contribution in [3.63, 3.8) is 0 Å². The molecule has 3 heterocycles. The van der Waals surface area contributed by atoms with E-state index in [0.29, 0.717) is 22.2 Å². The van der Waals surface area contributed by atoms with Crippen LogP contribution in [0, 0.1) is 0 Å². The van der Waals surface area contributed by atoms with Crippen LogP contribution in [0.5, 0.6) is 0 Å². The Kier molecular flexibility index (Phi) is 4.49. The third-order valence-electron chi connectivity index (χ3n) is 4.75. The number of cyclic esters (lactones) is 1. The van der Waals surface area contributed by atoms with Gasteiger partial charge in [0.25, 0.3) is 5.22 Å². The Morgan fingerprint density at radius 3 is 2.30 bits per heavy atom. The van der Waals surface area contributed by atoms with Gasteiger partial charge in [0.05, 0.1) is 11.5 Å². The molecule has 30 heavy (non-hydrogen) atoms. The zero-order chi connectivity index (χ0) is 20.9. The van der Waals surface area contributed by atoms with Crippen LogP contribution in [0.4, 0.5) is 0 Å². The molecule has 5 rings (SSSR count). The molecule has 4 aromatic rings. The van der Waals surface area contributed by atoms with Crippen molar-refractivity contribution in [1.82, 2.24) is 9.97 Å². The molecule has 0 radical (unpaired) electrons. The lowest BCUT2D eigenvalue weighted by molar-refractivity contribution is -0.152. The van der Waals surface area contributed by atoms with Crippen LogP contribution in [0.15, 0.2) is 73.3 Å². The highest BCUT2D eigenvalue weighted by Crippen LogP contribution is 2.51. The maximum absolute atomic E-state index is 12.2. The van der Waals surface area contributed by atoms with Gasteiger partial charge in [0.2, 0.25) is 11.6 Å². The summed E-state index contributed by atoms with van der Waals surface area (Å²) in [5.74, 6) is -1.50. The zero-order valence-electron chi connectivity index (χ0n) is 15.2. The van der Waals surface area contributed by atoms with Gasteiger partial charge in [-0.25, -0.2) is 14.8 Å². The first-order chi connectivity index (χ1) is 14.5. The third-order valence-corrected chi connectivity index (χ3v) is 6.48. The van der Waals surface area contributed by atoms with Gasteiger partial charge >= 0.3 is 5.97 Å². The SMILES string of the molecule is O=C1OC(CO)(C(S)c2nc3ccccc3o2)C(Sc2nc3ccccc3o2)=C1O. The van der Waals surface area contributed by atoms with Crippen LogP contribution >= 0.6 is 24.4 Å². The van der Waals surface area contributed by atoms with Gasteiger partial charge in [-0.05, 0) is 36.0 Å². The fourth-order valence-corrected chi connectivity index (χ4v) is 4.74. The summed E-state index contributed by atoms with van der Waals surface area (Å²) in [4.78, 5) is 21.0. The highest BCUT2D eigenvalue weighted by atomic mass is 32.2. The number of hydrogen-bond donors (Lipinski definition) is 3. The van der Waals surface area contributed by atoms with E-state index >= 15 is 0 Å². The molecule has 0 fully saturated rings. The number of rotatable bonds is 5. The van der Waals surface area contributed by atoms with Crippen LogP contribution in [0.3, 0.4) is 0 Å². The molecule has 10 heteroatoms. The van der Waals surface area contributed by atoms with E-state index in [1.165, 1.54) is 0 Å². The van der Waals surface area contributed by atoms with Gasteiger partial charge < -0.3 is 23.8 Å². The van der Waals surface area contributed by atoms with Gasteiger partial charge in [-0.15, -0.1) is 0 Å². The van der Waals surface area contributed by atoms with Gasteiger partial charge in [-0.3, -0.25) is 0 Å². The Labute approximate surface area is 179 Å². The molecule has 0 saturated heterocycles. The summed E-state index contributed by atoms with van der Waals surface area (Å²) in [5.41, 5.74) is 0.537. The maximum Gasteiger partial charge on any atom is 0.375 e. The maximum atomic E-state index is 12.2. The first-order valence-corrected chi connectivity index (χ1v) is 10.2. The number of aliphatic hydroxyl groups is 2. The smallest absolute Gasteiger partial charge is 0.375 e. The lowest BCUT2D eigenvalue weighted by Crippen LogP contribution is -2.40. The molecule has 0 spiro atoms. The van der Waals surface area contributed by atoms with Crippen LogP contribution in [-0.4, -0.2) is 38.4 Å². The normalized spacial score (nSPS) is 20.3. The summed E-state index contributed by atoms with van der Waals surface area (Å²) in [6.07, 6.45) is 0. The first-order valence-electron chi connectivity index (χ1n) is 8.87. The monoisotopic (exact) mass is 442 g/mol. The summed E-state index contributed by atoms with van der Waals surface area (Å²) in [6, 6.07) is 14.2. The number of fused-ring (bicyclic) bond motifs is 2. The zero-order valence-corrected chi connectivity index (χ0v) is 16.9. The van der Waals surface area contributed by atoms with Gasteiger partial charge in [0.1, 0.15) is 16.3 Å². The number of oxazole rings is 2. The summed E-state index contributed by atoms with van der Waals surface area (Å²) in [7, 11) is 0. The van der Waals surface area contributed by atoms with E-state index in [4.69, 9.17) is 13.6 Å². The quantitative estimate of drug-likeness (QED) is 0.313.